The van der Waals surface area contributed by atoms with E-state index in [4.69, 9.17) is 4.74 Å². The van der Waals surface area contributed by atoms with E-state index in [2.05, 4.69) is 11.4 Å². The van der Waals surface area contributed by atoms with Crippen LogP contribution in [0.3, 0.4) is 0 Å². The van der Waals surface area contributed by atoms with Gasteiger partial charge in [-0.05, 0) is 25.8 Å². The van der Waals surface area contributed by atoms with Gasteiger partial charge in [-0.25, -0.2) is 4.39 Å². The summed E-state index contributed by atoms with van der Waals surface area (Å²) in [5.41, 5.74) is -1.19. The van der Waals surface area contributed by atoms with Crippen molar-refractivity contribution in [2.24, 2.45) is 0 Å². The minimum atomic E-state index is -0.780. The Morgan fingerprint density at radius 2 is 2.33 bits per heavy atom. The van der Waals surface area contributed by atoms with Crippen molar-refractivity contribution >= 4 is 5.69 Å². The molecule has 6 nitrogen and oxygen atoms in total. The van der Waals surface area contributed by atoms with Crippen LogP contribution in [-0.4, -0.2) is 23.1 Å². The Kier molecular flexibility index (Phi) is 4.38. The summed E-state index contributed by atoms with van der Waals surface area (Å²) in [5.74, 6) is -1.16. The van der Waals surface area contributed by atoms with E-state index in [-0.39, 0.29) is 12.4 Å². The lowest BCUT2D eigenvalue weighted by Gasteiger charge is -2.23. The van der Waals surface area contributed by atoms with E-state index >= 15 is 0 Å². The van der Waals surface area contributed by atoms with Gasteiger partial charge in [-0.2, -0.15) is 5.26 Å². The van der Waals surface area contributed by atoms with Crippen molar-refractivity contribution in [3.8, 4) is 11.8 Å². The van der Waals surface area contributed by atoms with Crippen LogP contribution < -0.4 is 10.1 Å². The molecule has 0 spiro atoms. The predicted molar refractivity (Wildman–Crippen MR) is 73.3 cm³/mol. The number of hydrogen-bond donors (Lipinski definition) is 1. The molecular weight excluding hydrogens is 277 g/mol. The zero-order chi connectivity index (χ0) is 15.5. The molecule has 112 valence electrons. The second-order valence-electron chi connectivity index (χ2n) is 5.31. The van der Waals surface area contributed by atoms with Crippen molar-refractivity contribution in [2.45, 2.75) is 37.8 Å². The number of nitrogens with one attached hydrogen (secondary N) is 1. The maximum atomic E-state index is 13.6. The molecule has 0 amide bonds. The number of hydrogen-bond acceptors (Lipinski definition) is 5. The molecule has 1 aliphatic rings. The first-order valence-corrected chi connectivity index (χ1v) is 6.70. The number of nitro benzene ring substituents is 1. The van der Waals surface area contributed by atoms with Crippen LogP contribution in [0.15, 0.2) is 18.2 Å². The van der Waals surface area contributed by atoms with Crippen LogP contribution in [0.4, 0.5) is 10.1 Å². The van der Waals surface area contributed by atoms with Gasteiger partial charge in [0.15, 0.2) is 5.82 Å². The molecule has 0 saturated heterocycles. The minimum Gasteiger partial charge on any atom is -0.485 e. The summed E-state index contributed by atoms with van der Waals surface area (Å²) in [4.78, 5) is 10.1. The van der Waals surface area contributed by atoms with Gasteiger partial charge in [0, 0.05) is 18.5 Å². The summed E-state index contributed by atoms with van der Waals surface area (Å²) in [5, 5.41) is 23.2. The number of nitrogens with zero attached hydrogens (tertiary/aromatic N) is 2. The largest absolute Gasteiger partial charge is 0.485 e. The van der Waals surface area contributed by atoms with Gasteiger partial charge in [-0.3, -0.25) is 15.4 Å². The minimum absolute atomic E-state index is 0.0194. The molecular formula is C14H16FN3O3. The Morgan fingerprint density at radius 3 is 2.90 bits per heavy atom. The molecule has 2 rings (SSSR count). The molecule has 0 aliphatic heterocycles. The zero-order valence-electron chi connectivity index (χ0n) is 11.6. The van der Waals surface area contributed by atoms with Crippen molar-refractivity contribution in [1.82, 2.24) is 5.32 Å². The van der Waals surface area contributed by atoms with Gasteiger partial charge < -0.3 is 4.74 Å². The summed E-state index contributed by atoms with van der Waals surface area (Å²) < 4.78 is 18.8. The molecule has 0 radical (unpaired) electrons. The highest BCUT2D eigenvalue weighted by Crippen LogP contribution is 2.30. The predicted octanol–water partition coefficient (Wildman–Crippen LogP) is 2.54. The normalized spacial score (nSPS) is 16.8. The fourth-order valence-electron chi connectivity index (χ4n) is 1.98. The average Bonchev–Trinajstić information content (AvgIpc) is 3.24. The van der Waals surface area contributed by atoms with Crippen molar-refractivity contribution in [3.05, 3.63) is 34.1 Å². The van der Waals surface area contributed by atoms with Crippen molar-refractivity contribution < 1.29 is 14.1 Å². The molecule has 1 N–H and O–H groups in total. The molecule has 7 heteroatoms. The molecule has 1 aromatic carbocycles. The highest BCUT2D eigenvalue weighted by atomic mass is 19.1. The molecule has 0 aromatic heterocycles. The summed E-state index contributed by atoms with van der Waals surface area (Å²) >= 11 is 0. The van der Waals surface area contributed by atoms with Crippen LogP contribution in [0.2, 0.25) is 0 Å². The van der Waals surface area contributed by atoms with Crippen molar-refractivity contribution in [3.63, 3.8) is 0 Å². The van der Waals surface area contributed by atoms with Crippen LogP contribution in [0, 0.1) is 27.3 Å². The lowest BCUT2D eigenvalue weighted by atomic mass is 10.0. The van der Waals surface area contributed by atoms with E-state index in [0.717, 1.165) is 18.9 Å². The monoisotopic (exact) mass is 293 g/mol. The first kappa shape index (κ1) is 15.2. The van der Waals surface area contributed by atoms with E-state index in [1.165, 1.54) is 12.1 Å². The first-order chi connectivity index (χ1) is 9.95. The smallest absolute Gasteiger partial charge is 0.314 e. The number of rotatable bonds is 7. The summed E-state index contributed by atoms with van der Waals surface area (Å²) in [6.45, 7) is 1.76. The van der Waals surface area contributed by atoms with Crippen LogP contribution >= 0.6 is 0 Å². The van der Waals surface area contributed by atoms with Gasteiger partial charge in [0.05, 0.1) is 17.6 Å². The molecule has 21 heavy (non-hydrogen) atoms. The highest BCUT2D eigenvalue weighted by Gasteiger charge is 2.32. The maximum Gasteiger partial charge on any atom is 0.314 e. The standard InChI is InChI=1S/C14H16FN3O3/c1-14(9-16,17-10-5-6-10)7-8-21-13-11(15)3-2-4-12(13)18(19)20/h2-4,10,17H,5-8H2,1H3. The Bertz CT molecular complexity index is 583. The summed E-state index contributed by atoms with van der Waals surface area (Å²) in [6, 6.07) is 6.06. The van der Waals surface area contributed by atoms with Gasteiger partial charge in [0.1, 0.15) is 5.54 Å². The second-order valence-corrected chi connectivity index (χ2v) is 5.31. The average molecular weight is 293 g/mol. The molecule has 1 aliphatic carbocycles. The van der Waals surface area contributed by atoms with Crippen LogP contribution in [-0.2, 0) is 0 Å². The molecule has 1 saturated carbocycles. The molecule has 1 unspecified atom stereocenters. The maximum absolute atomic E-state index is 13.6. The van der Waals surface area contributed by atoms with E-state index < -0.39 is 22.0 Å². The van der Waals surface area contributed by atoms with Gasteiger partial charge in [0.25, 0.3) is 0 Å². The number of nitro groups is 1. The Hall–Kier alpha value is -2.20. The SMILES string of the molecule is CC(C#N)(CCOc1c(F)cccc1[N+](=O)[O-])NC1CC1. The zero-order valence-corrected chi connectivity index (χ0v) is 11.6. The summed E-state index contributed by atoms with van der Waals surface area (Å²) in [7, 11) is 0. The number of halogens is 1. The van der Waals surface area contributed by atoms with E-state index in [1.807, 2.05) is 0 Å². The van der Waals surface area contributed by atoms with E-state index in [1.54, 1.807) is 6.92 Å². The number of ether oxygens (including phenoxy) is 1. The van der Waals surface area contributed by atoms with Gasteiger partial charge >= 0.3 is 5.69 Å². The van der Waals surface area contributed by atoms with E-state index in [9.17, 15) is 19.8 Å². The lowest BCUT2D eigenvalue weighted by Crippen LogP contribution is -2.43. The van der Waals surface area contributed by atoms with Gasteiger partial charge in [-0.15, -0.1) is 0 Å². The van der Waals surface area contributed by atoms with Crippen LogP contribution in [0.5, 0.6) is 5.75 Å². The van der Waals surface area contributed by atoms with Gasteiger partial charge in [0.2, 0.25) is 5.75 Å². The Labute approximate surface area is 121 Å². The van der Waals surface area contributed by atoms with Crippen molar-refractivity contribution in [1.29, 1.82) is 5.26 Å². The number of benzene rings is 1. The quantitative estimate of drug-likeness (QED) is 0.616. The lowest BCUT2D eigenvalue weighted by molar-refractivity contribution is -0.386. The van der Waals surface area contributed by atoms with E-state index in [0.29, 0.717) is 12.5 Å². The molecule has 1 fully saturated rings. The third kappa shape index (κ3) is 3.89. The third-order valence-corrected chi connectivity index (χ3v) is 3.34. The van der Waals surface area contributed by atoms with Crippen molar-refractivity contribution in [2.75, 3.05) is 6.61 Å². The highest BCUT2D eigenvalue weighted by molar-refractivity contribution is 5.46. The number of nitriles is 1. The Balaban J connectivity index is 2.00. The topological polar surface area (TPSA) is 88.2 Å². The van der Waals surface area contributed by atoms with Crippen LogP contribution in [0.1, 0.15) is 26.2 Å². The third-order valence-electron chi connectivity index (χ3n) is 3.34. The summed E-state index contributed by atoms with van der Waals surface area (Å²) in [6.07, 6.45) is 2.39. The molecule has 0 heterocycles. The first-order valence-electron chi connectivity index (χ1n) is 6.70. The molecule has 1 atom stereocenters. The fraction of sp³-hybridized carbons (Fsp3) is 0.500. The molecule has 0 bridgehead atoms. The molecule has 1 aromatic rings. The number of para-hydroxylation sites is 1. The Morgan fingerprint density at radius 1 is 1.62 bits per heavy atom. The van der Waals surface area contributed by atoms with Gasteiger partial charge in [-0.1, -0.05) is 6.07 Å². The second kappa shape index (κ2) is 6.06. The van der Waals surface area contributed by atoms with Crippen LogP contribution in [0.25, 0.3) is 0 Å². The fourth-order valence-corrected chi connectivity index (χ4v) is 1.98.